The van der Waals surface area contributed by atoms with E-state index in [1.54, 1.807) is 0 Å². The van der Waals surface area contributed by atoms with Gasteiger partial charge in [-0.2, -0.15) is 17.0 Å². The van der Waals surface area contributed by atoms with Crippen molar-refractivity contribution in [2.45, 2.75) is 26.2 Å². The lowest BCUT2D eigenvalue weighted by molar-refractivity contribution is -0.142. The monoisotopic (exact) mass is 319 g/mol. The van der Waals surface area contributed by atoms with E-state index in [4.69, 9.17) is 5.11 Å². The van der Waals surface area contributed by atoms with Gasteiger partial charge in [0.2, 0.25) is 0 Å². The van der Waals surface area contributed by atoms with Crippen LogP contribution in [0.4, 0.5) is 0 Å². The smallest absolute Gasteiger partial charge is 0.307 e. The summed E-state index contributed by atoms with van der Waals surface area (Å²) >= 11 is 0. The molecule has 1 unspecified atom stereocenters. The fourth-order valence-electron chi connectivity index (χ4n) is 3.02. The Hall–Kier alpha value is -0.700. The van der Waals surface area contributed by atoms with Crippen molar-refractivity contribution in [2.24, 2.45) is 5.92 Å². The van der Waals surface area contributed by atoms with Gasteiger partial charge in [-0.1, -0.05) is 6.92 Å². The van der Waals surface area contributed by atoms with E-state index in [0.717, 1.165) is 26.1 Å². The van der Waals surface area contributed by atoms with Crippen LogP contribution in [0.15, 0.2) is 0 Å². The Labute approximate surface area is 126 Å². The molecule has 8 heteroatoms. The second kappa shape index (κ2) is 7.04. The first kappa shape index (κ1) is 16.7. The first-order valence-corrected chi connectivity index (χ1v) is 9.05. The molecule has 0 spiro atoms. The lowest BCUT2D eigenvalue weighted by Gasteiger charge is -2.38. The van der Waals surface area contributed by atoms with Crippen molar-refractivity contribution in [1.82, 2.24) is 13.5 Å². The minimum Gasteiger partial charge on any atom is -0.481 e. The Morgan fingerprint density at radius 3 is 2.38 bits per heavy atom. The number of carboxylic acids is 1. The average Bonchev–Trinajstić information content (AvgIpc) is 2.48. The quantitative estimate of drug-likeness (QED) is 0.775. The van der Waals surface area contributed by atoms with Crippen LogP contribution >= 0.6 is 0 Å². The average molecular weight is 319 g/mol. The number of piperidine rings is 1. The van der Waals surface area contributed by atoms with Gasteiger partial charge in [-0.05, 0) is 25.8 Å². The van der Waals surface area contributed by atoms with Crippen LogP contribution in [-0.4, -0.2) is 78.8 Å². The number of carboxylic acid groups (broad SMARTS) is 1. The molecule has 0 saturated carbocycles. The summed E-state index contributed by atoms with van der Waals surface area (Å²) in [6.45, 7) is 6.15. The van der Waals surface area contributed by atoms with Crippen LogP contribution in [0.1, 0.15) is 26.2 Å². The fraction of sp³-hybridized carbons (Fsp3) is 0.923. The van der Waals surface area contributed by atoms with E-state index >= 15 is 0 Å². The molecule has 0 aromatic rings. The van der Waals surface area contributed by atoms with Gasteiger partial charge in [0.05, 0.1) is 5.92 Å². The van der Waals surface area contributed by atoms with Crippen molar-refractivity contribution >= 4 is 16.2 Å². The van der Waals surface area contributed by atoms with E-state index in [2.05, 4.69) is 11.8 Å². The molecule has 21 heavy (non-hydrogen) atoms. The predicted molar refractivity (Wildman–Crippen MR) is 79.2 cm³/mol. The minimum atomic E-state index is -3.51. The van der Waals surface area contributed by atoms with Crippen molar-refractivity contribution in [2.75, 3.05) is 45.8 Å². The van der Waals surface area contributed by atoms with Gasteiger partial charge >= 0.3 is 5.97 Å². The highest BCUT2D eigenvalue weighted by Crippen LogP contribution is 2.22. The summed E-state index contributed by atoms with van der Waals surface area (Å²) in [5.74, 6) is -1.47. The van der Waals surface area contributed by atoms with Crippen LogP contribution in [0.3, 0.4) is 0 Å². The molecule has 2 saturated heterocycles. The zero-order valence-corrected chi connectivity index (χ0v) is 13.4. The normalized spacial score (nSPS) is 26.8. The van der Waals surface area contributed by atoms with E-state index in [1.807, 2.05) is 0 Å². The van der Waals surface area contributed by atoms with Crippen molar-refractivity contribution < 1.29 is 18.3 Å². The molecule has 0 amide bonds. The molecule has 1 N–H and O–H groups in total. The maximum Gasteiger partial charge on any atom is 0.307 e. The summed E-state index contributed by atoms with van der Waals surface area (Å²) in [6.07, 6.45) is 2.25. The Morgan fingerprint density at radius 1 is 1.14 bits per heavy atom. The molecular weight excluding hydrogens is 294 g/mol. The maximum atomic E-state index is 12.6. The first-order valence-electron chi connectivity index (χ1n) is 7.65. The van der Waals surface area contributed by atoms with E-state index in [-0.39, 0.29) is 6.54 Å². The van der Waals surface area contributed by atoms with Gasteiger partial charge in [0.1, 0.15) is 0 Å². The SMILES string of the molecule is CCCN1CCN(S(=O)(=O)N2CCCC(C(=O)O)C2)CC1. The zero-order chi connectivity index (χ0) is 15.5. The summed E-state index contributed by atoms with van der Waals surface area (Å²) in [5, 5.41) is 9.08. The third-order valence-electron chi connectivity index (χ3n) is 4.26. The number of aliphatic carboxylic acids is 1. The van der Waals surface area contributed by atoms with Gasteiger partial charge in [0, 0.05) is 39.3 Å². The van der Waals surface area contributed by atoms with Crippen LogP contribution in [0.25, 0.3) is 0 Å². The van der Waals surface area contributed by atoms with Gasteiger partial charge in [-0.3, -0.25) is 4.79 Å². The number of hydrogen-bond donors (Lipinski definition) is 1. The van der Waals surface area contributed by atoms with Gasteiger partial charge in [0.25, 0.3) is 10.2 Å². The van der Waals surface area contributed by atoms with E-state index in [0.29, 0.717) is 32.5 Å². The molecule has 0 aromatic heterocycles. The number of piperazine rings is 1. The van der Waals surface area contributed by atoms with E-state index in [1.165, 1.54) is 8.61 Å². The predicted octanol–water partition coefficient (Wildman–Crippen LogP) is 0.0554. The molecule has 122 valence electrons. The third-order valence-corrected chi connectivity index (χ3v) is 6.26. The molecule has 2 heterocycles. The van der Waals surface area contributed by atoms with Crippen molar-refractivity contribution in [3.63, 3.8) is 0 Å². The zero-order valence-electron chi connectivity index (χ0n) is 12.6. The van der Waals surface area contributed by atoms with E-state index < -0.39 is 22.1 Å². The van der Waals surface area contributed by atoms with Crippen LogP contribution in [0.5, 0.6) is 0 Å². The fourth-order valence-corrected chi connectivity index (χ4v) is 4.70. The first-order chi connectivity index (χ1) is 9.95. The van der Waals surface area contributed by atoms with E-state index in [9.17, 15) is 13.2 Å². The molecule has 2 rings (SSSR count). The molecule has 0 aromatic carbocycles. The third kappa shape index (κ3) is 3.94. The Balaban J connectivity index is 1.97. The molecule has 0 bridgehead atoms. The number of nitrogens with zero attached hydrogens (tertiary/aromatic N) is 3. The van der Waals surface area contributed by atoms with Crippen LogP contribution < -0.4 is 0 Å². The van der Waals surface area contributed by atoms with Gasteiger partial charge in [0.15, 0.2) is 0 Å². The lowest BCUT2D eigenvalue weighted by Crippen LogP contribution is -2.55. The number of hydrogen-bond acceptors (Lipinski definition) is 4. The second-order valence-electron chi connectivity index (χ2n) is 5.78. The minimum absolute atomic E-state index is 0.104. The van der Waals surface area contributed by atoms with Crippen molar-refractivity contribution in [3.8, 4) is 0 Å². The summed E-state index contributed by atoms with van der Waals surface area (Å²) in [4.78, 5) is 13.3. The summed E-state index contributed by atoms with van der Waals surface area (Å²) in [5.41, 5.74) is 0. The molecular formula is C13H25N3O4S. The van der Waals surface area contributed by atoms with Crippen molar-refractivity contribution in [1.29, 1.82) is 0 Å². The summed E-state index contributed by atoms with van der Waals surface area (Å²) < 4.78 is 28.1. The molecule has 1 atom stereocenters. The van der Waals surface area contributed by atoms with Gasteiger partial charge < -0.3 is 10.0 Å². The highest BCUT2D eigenvalue weighted by molar-refractivity contribution is 7.86. The topological polar surface area (TPSA) is 81.2 Å². The van der Waals surface area contributed by atoms with Gasteiger partial charge in [-0.25, -0.2) is 0 Å². The molecule has 0 aliphatic carbocycles. The van der Waals surface area contributed by atoms with Gasteiger partial charge in [-0.15, -0.1) is 0 Å². The largest absolute Gasteiger partial charge is 0.481 e. The van der Waals surface area contributed by atoms with Crippen LogP contribution in [0.2, 0.25) is 0 Å². The molecule has 0 radical (unpaired) electrons. The molecule has 2 aliphatic heterocycles. The number of carbonyl (C=O) groups is 1. The standard InChI is InChI=1S/C13H25N3O4S/c1-2-5-14-7-9-15(10-8-14)21(19,20)16-6-3-4-12(11-16)13(17)18/h12H,2-11H2,1H3,(H,17,18). The summed E-state index contributed by atoms with van der Waals surface area (Å²) in [6, 6.07) is 0. The molecule has 2 fully saturated rings. The second-order valence-corrected chi connectivity index (χ2v) is 7.71. The highest BCUT2D eigenvalue weighted by Gasteiger charge is 2.36. The van der Waals surface area contributed by atoms with Crippen LogP contribution in [-0.2, 0) is 15.0 Å². The summed E-state index contributed by atoms with van der Waals surface area (Å²) in [7, 11) is -3.51. The molecule has 2 aliphatic rings. The lowest BCUT2D eigenvalue weighted by atomic mass is 10.0. The van der Waals surface area contributed by atoms with Crippen molar-refractivity contribution in [3.05, 3.63) is 0 Å². The van der Waals surface area contributed by atoms with Crippen LogP contribution in [0, 0.1) is 5.92 Å². The molecule has 7 nitrogen and oxygen atoms in total. The Bertz CT molecular complexity index is 460. The Kier molecular flexibility index (Phi) is 5.59. The number of rotatable bonds is 5. The highest BCUT2D eigenvalue weighted by atomic mass is 32.2. The maximum absolute atomic E-state index is 12.6. The Morgan fingerprint density at radius 2 is 1.81 bits per heavy atom.